The van der Waals surface area contributed by atoms with Gasteiger partial charge >= 0.3 is 0 Å². The van der Waals surface area contributed by atoms with Crippen LogP contribution < -0.4 is 5.32 Å². The number of rotatable bonds is 6. The first-order valence-electron chi connectivity index (χ1n) is 5.78. The number of hydrogen-bond donors (Lipinski definition) is 1. The quantitative estimate of drug-likeness (QED) is 0.799. The van der Waals surface area contributed by atoms with Crippen LogP contribution in [0.3, 0.4) is 0 Å². The lowest BCUT2D eigenvalue weighted by molar-refractivity contribution is -0.00984. The molecule has 0 radical (unpaired) electrons. The number of likely N-dealkylation sites (N-methyl/N-ethyl adjacent to an activating group) is 1. The van der Waals surface area contributed by atoms with Gasteiger partial charge in [-0.05, 0) is 32.5 Å². The summed E-state index contributed by atoms with van der Waals surface area (Å²) >= 11 is 0. The second-order valence-corrected chi connectivity index (χ2v) is 4.44. The second kappa shape index (κ2) is 5.97. The first kappa shape index (κ1) is 13.1. The van der Waals surface area contributed by atoms with Crippen LogP contribution in [0.15, 0.2) is 24.4 Å². The number of nitrogens with one attached hydrogen (secondary N) is 1. The summed E-state index contributed by atoms with van der Waals surface area (Å²) < 4.78 is 5.53. The van der Waals surface area contributed by atoms with Gasteiger partial charge in [-0.15, -0.1) is 0 Å². The minimum atomic E-state index is -0.187. The molecule has 0 aliphatic rings. The van der Waals surface area contributed by atoms with Crippen LogP contribution in [-0.4, -0.2) is 30.3 Å². The number of nitrogens with zero attached hydrogens (tertiary/aromatic N) is 1. The van der Waals surface area contributed by atoms with Crippen molar-refractivity contribution in [2.75, 3.05) is 13.7 Å². The van der Waals surface area contributed by atoms with Crippen LogP contribution in [0, 0.1) is 0 Å². The zero-order chi connectivity index (χ0) is 12.0. The van der Waals surface area contributed by atoms with Gasteiger partial charge < -0.3 is 10.1 Å². The van der Waals surface area contributed by atoms with Crippen LogP contribution in [0.1, 0.15) is 26.5 Å². The predicted molar refractivity (Wildman–Crippen MR) is 66.5 cm³/mol. The number of pyridine rings is 1. The van der Waals surface area contributed by atoms with Crippen LogP contribution in [-0.2, 0) is 11.2 Å². The largest absolute Gasteiger partial charge is 0.377 e. The number of hydrogen-bond acceptors (Lipinski definition) is 3. The Kier molecular flexibility index (Phi) is 4.90. The van der Waals surface area contributed by atoms with Gasteiger partial charge in [-0.3, -0.25) is 4.98 Å². The van der Waals surface area contributed by atoms with E-state index < -0.39 is 0 Å². The van der Waals surface area contributed by atoms with Crippen molar-refractivity contribution in [3.05, 3.63) is 30.1 Å². The highest BCUT2D eigenvalue weighted by molar-refractivity contribution is 5.07. The first-order chi connectivity index (χ1) is 7.60. The average molecular weight is 222 g/mol. The Bertz CT molecular complexity index is 298. The molecule has 1 atom stereocenters. The van der Waals surface area contributed by atoms with Crippen molar-refractivity contribution in [3.63, 3.8) is 0 Å². The summed E-state index contributed by atoms with van der Waals surface area (Å²) in [6.45, 7) is 7.24. The van der Waals surface area contributed by atoms with Gasteiger partial charge in [0.25, 0.3) is 0 Å². The van der Waals surface area contributed by atoms with Crippen molar-refractivity contribution in [1.82, 2.24) is 10.3 Å². The molecule has 0 aliphatic carbocycles. The third kappa shape index (κ3) is 3.58. The van der Waals surface area contributed by atoms with E-state index in [0.29, 0.717) is 0 Å². The van der Waals surface area contributed by atoms with E-state index in [2.05, 4.69) is 37.1 Å². The zero-order valence-electron chi connectivity index (χ0n) is 10.7. The zero-order valence-corrected chi connectivity index (χ0v) is 10.7. The summed E-state index contributed by atoms with van der Waals surface area (Å²) in [4.78, 5) is 4.35. The number of methoxy groups -OCH3 is 1. The highest BCUT2D eigenvalue weighted by Gasteiger charge is 2.28. The monoisotopic (exact) mass is 222 g/mol. The van der Waals surface area contributed by atoms with E-state index in [9.17, 15) is 0 Å². The molecule has 3 heteroatoms. The molecule has 0 saturated carbocycles. The van der Waals surface area contributed by atoms with E-state index in [0.717, 1.165) is 18.7 Å². The Morgan fingerprint density at radius 2 is 2.19 bits per heavy atom. The van der Waals surface area contributed by atoms with Crippen molar-refractivity contribution < 1.29 is 4.74 Å². The summed E-state index contributed by atoms with van der Waals surface area (Å²) in [5.41, 5.74) is 0.909. The fourth-order valence-corrected chi connectivity index (χ4v) is 1.68. The molecular weight excluding hydrogens is 200 g/mol. The summed E-state index contributed by atoms with van der Waals surface area (Å²) in [7, 11) is 1.75. The normalized spacial score (nSPS) is 13.8. The molecule has 0 fully saturated rings. The maximum absolute atomic E-state index is 5.53. The smallest absolute Gasteiger partial charge is 0.0778 e. The van der Waals surface area contributed by atoms with E-state index in [4.69, 9.17) is 4.74 Å². The highest BCUT2D eigenvalue weighted by Crippen LogP contribution is 2.17. The van der Waals surface area contributed by atoms with Gasteiger partial charge in [-0.25, -0.2) is 0 Å². The molecule has 0 amide bonds. The van der Waals surface area contributed by atoms with Crippen molar-refractivity contribution >= 4 is 0 Å². The number of ether oxygens (including phenoxy) is 1. The van der Waals surface area contributed by atoms with Gasteiger partial charge in [0.1, 0.15) is 0 Å². The molecule has 1 aromatic heterocycles. The van der Waals surface area contributed by atoms with Crippen LogP contribution in [0.2, 0.25) is 0 Å². The van der Waals surface area contributed by atoms with Crippen molar-refractivity contribution in [2.24, 2.45) is 0 Å². The molecule has 0 spiro atoms. The molecule has 0 aromatic carbocycles. The standard InChI is InChI=1S/C13H22N2O/c1-5-14-12(13(2,3)16-4)10-11-8-6-7-9-15-11/h6-9,12,14H,5,10H2,1-4H3. The first-order valence-corrected chi connectivity index (χ1v) is 5.78. The average Bonchev–Trinajstić information content (AvgIpc) is 2.30. The Morgan fingerprint density at radius 3 is 2.69 bits per heavy atom. The summed E-state index contributed by atoms with van der Waals surface area (Å²) in [6, 6.07) is 6.28. The molecule has 1 N–H and O–H groups in total. The van der Waals surface area contributed by atoms with Gasteiger partial charge in [-0.2, -0.15) is 0 Å². The maximum atomic E-state index is 5.53. The molecule has 1 heterocycles. The van der Waals surface area contributed by atoms with Crippen LogP contribution in [0.5, 0.6) is 0 Å². The van der Waals surface area contributed by atoms with E-state index >= 15 is 0 Å². The topological polar surface area (TPSA) is 34.2 Å². The fraction of sp³-hybridized carbons (Fsp3) is 0.615. The third-order valence-electron chi connectivity index (χ3n) is 2.96. The lowest BCUT2D eigenvalue weighted by Gasteiger charge is -2.33. The van der Waals surface area contributed by atoms with Gasteiger partial charge in [-0.1, -0.05) is 13.0 Å². The van der Waals surface area contributed by atoms with Crippen LogP contribution >= 0.6 is 0 Å². The molecule has 0 bridgehead atoms. The third-order valence-corrected chi connectivity index (χ3v) is 2.96. The van der Waals surface area contributed by atoms with E-state index in [1.165, 1.54) is 0 Å². The fourth-order valence-electron chi connectivity index (χ4n) is 1.68. The number of aromatic nitrogens is 1. The van der Waals surface area contributed by atoms with Crippen molar-refractivity contribution in [2.45, 2.75) is 38.8 Å². The van der Waals surface area contributed by atoms with Crippen LogP contribution in [0.25, 0.3) is 0 Å². The Labute approximate surface area is 98.2 Å². The second-order valence-electron chi connectivity index (χ2n) is 4.44. The molecule has 16 heavy (non-hydrogen) atoms. The highest BCUT2D eigenvalue weighted by atomic mass is 16.5. The minimum Gasteiger partial charge on any atom is -0.377 e. The van der Waals surface area contributed by atoms with Crippen LogP contribution in [0.4, 0.5) is 0 Å². The molecule has 0 saturated heterocycles. The summed E-state index contributed by atoms with van der Waals surface area (Å²) in [5, 5.41) is 3.46. The maximum Gasteiger partial charge on any atom is 0.0778 e. The van der Waals surface area contributed by atoms with Crippen molar-refractivity contribution in [3.8, 4) is 0 Å². The Balaban J connectivity index is 2.72. The molecule has 90 valence electrons. The van der Waals surface area contributed by atoms with Gasteiger partial charge in [0, 0.05) is 31.5 Å². The Morgan fingerprint density at radius 1 is 1.44 bits per heavy atom. The summed E-state index contributed by atoms with van der Waals surface area (Å²) in [5.74, 6) is 0. The summed E-state index contributed by atoms with van der Waals surface area (Å²) in [6.07, 6.45) is 2.72. The molecule has 0 aliphatic heterocycles. The molecular formula is C13H22N2O. The predicted octanol–water partition coefficient (Wildman–Crippen LogP) is 2.03. The van der Waals surface area contributed by atoms with E-state index in [-0.39, 0.29) is 11.6 Å². The molecule has 3 nitrogen and oxygen atoms in total. The van der Waals surface area contributed by atoms with Gasteiger partial charge in [0.2, 0.25) is 0 Å². The lowest BCUT2D eigenvalue weighted by atomic mass is 9.94. The molecule has 1 unspecified atom stereocenters. The molecule has 1 aromatic rings. The Hall–Kier alpha value is -0.930. The SMILES string of the molecule is CCNC(Cc1ccccn1)C(C)(C)OC. The van der Waals surface area contributed by atoms with E-state index in [1.807, 2.05) is 18.3 Å². The van der Waals surface area contributed by atoms with Crippen molar-refractivity contribution in [1.29, 1.82) is 0 Å². The van der Waals surface area contributed by atoms with E-state index in [1.54, 1.807) is 7.11 Å². The van der Waals surface area contributed by atoms with Gasteiger partial charge in [0.05, 0.1) is 5.60 Å². The molecule has 1 rings (SSSR count). The van der Waals surface area contributed by atoms with Gasteiger partial charge in [0.15, 0.2) is 0 Å². The minimum absolute atomic E-state index is 0.187. The lowest BCUT2D eigenvalue weighted by Crippen LogP contribution is -2.49.